The van der Waals surface area contributed by atoms with Gasteiger partial charge in [0.05, 0.1) is 11.0 Å². The number of para-hydroxylation sites is 3. The third-order valence-electron chi connectivity index (χ3n) is 9.90. The van der Waals surface area contributed by atoms with Crippen molar-refractivity contribution in [2.75, 3.05) is 0 Å². The third kappa shape index (κ3) is 6.77. The van der Waals surface area contributed by atoms with Crippen molar-refractivity contribution in [1.29, 1.82) is 0 Å². The maximum absolute atomic E-state index is 8.96. The van der Waals surface area contributed by atoms with Crippen LogP contribution in [0.1, 0.15) is 81.7 Å². The first-order chi connectivity index (χ1) is 26.4. The van der Waals surface area contributed by atoms with Crippen molar-refractivity contribution in [2.45, 2.75) is 79.5 Å². The number of hydrogen-bond acceptors (Lipinski definition) is 3. The van der Waals surface area contributed by atoms with Crippen molar-refractivity contribution in [3.8, 4) is 28.8 Å². The van der Waals surface area contributed by atoms with Gasteiger partial charge in [-0.25, -0.2) is 9.97 Å². The van der Waals surface area contributed by atoms with Gasteiger partial charge in [0.1, 0.15) is 23.0 Å². The molecule has 8 rings (SSSR count). The predicted octanol–water partition coefficient (Wildman–Crippen LogP) is 11.8. The van der Waals surface area contributed by atoms with Gasteiger partial charge in [-0.05, 0) is 100.0 Å². The topological polar surface area (TPSA) is 48.8 Å². The normalized spacial score (nSPS) is 13.4. The van der Waals surface area contributed by atoms with Gasteiger partial charge in [-0.1, -0.05) is 98.7 Å². The van der Waals surface area contributed by atoms with Gasteiger partial charge in [0.15, 0.2) is 11.0 Å². The van der Waals surface area contributed by atoms with Crippen LogP contribution < -0.4 is 9.30 Å². The Labute approximate surface area is 321 Å². The first-order valence-corrected chi connectivity index (χ1v) is 18.7. The molecule has 0 N–H and O–H groups in total. The summed E-state index contributed by atoms with van der Waals surface area (Å²) in [6.45, 7) is 19.4. The van der Waals surface area contributed by atoms with Crippen LogP contribution in [0, 0.1) is 5.41 Å². The number of rotatable bonds is 6. The number of pyridine rings is 2. The first kappa shape index (κ1) is 32.9. The third-order valence-corrected chi connectivity index (χ3v) is 9.90. The van der Waals surface area contributed by atoms with Crippen LogP contribution in [0.2, 0.25) is 0 Å². The molecule has 0 radical (unpaired) electrons. The number of nitrogens with zero attached hydrogens (tertiary/aromatic N) is 5. The van der Waals surface area contributed by atoms with Crippen molar-refractivity contribution < 1.29 is 12.0 Å². The number of hydrogen-bond donors (Lipinski definition) is 0. The van der Waals surface area contributed by atoms with E-state index in [1.165, 1.54) is 11.1 Å². The highest BCUT2D eigenvalue weighted by atomic mass is 16.5. The molecule has 0 saturated heterocycles. The highest BCUT2D eigenvalue weighted by Crippen LogP contribution is 2.36. The lowest BCUT2D eigenvalue weighted by molar-refractivity contribution is -0.567. The van der Waals surface area contributed by atoms with Gasteiger partial charge in [-0.3, -0.25) is 4.57 Å². The molecule has 0 unspecified atom stereocenters. The summed E-state index contributed by atoms with van der Waals surface area (Å²) in [4.78, 5) is 9.59. The van der Waals surface area contributed by atoms with Gasteiger partial charge >= 0.3 is 0 Å². The molecule has 6 nitrogen and oxygen atoms in total. The van der Waals surface area contributed by atoms with Crippen molar-refractivity contribution in [3.63, 3.8) is 0 Å². The molecule has 0 amide bonds. The van der Waals surface area contributed by atoms with E-state index < -0.39 is 11.8 Å². The van der Waals surface area contributed by atoms with Gasteiger partial charge in [0, 0.05) is 38.0 Å². The van der Waals surface area contributed by atoms with Crippen molar-refractivity contribution >= 4 is 32.8 Å². The first-order valence-electron chi connectivity index (χ1n) is 19.7. The molecular formula is C48H50N5O+. The average molecular weight is 715 g/mol. The zero-order chi connectivity index (χ0) is 39.8. The van der Waals surface area contributed by atoms with E-state index in [-0.39, 0.29) is 10.8 Å². The molecule has 4 aromatic heterocycles. The summed E-state index contributed by atoms with van der Waals surface area (Å²) in [5, 5.41) is 2.14. The number of imidazole rings is 1. The fourth-order valence-corrected chi connectivity index (χ4v) is 7.16. The Balaban J connectivity index is 1.20. The van der Waals surface area contributed by atoms with Crippen LogP contribution in [0.4, 0.5) is 0 Å². The number of aromatic nitrogens is 5. The minimum Gasteiger partial charge on any atom is -0.457 e. The Bertz CT molecular complexity index is 2740. The number of ether oxygens (including phenoxy) is 1. The van der Waals surface area contributed by atoms with E-state index >= 15 is 0 Å². The monoisotopic (exact) mass is 714 g/mol. The summed E-state index contributed by atoms with van der Waals surface area (Å²) in [6.07, 6.45) is 4.05. The zero-order valence-corrected chi connectivity index (χ0v) is 32.8. The Hall–Kier alpha value is -5.75. The molecule has 0 atom stereocenters. The molecule has 272 valence electrons. The predicted molar refractivity (Wildman–Crippen MR) is 222 cm³/mol. The lowest BCUT2D eigenvalue weighted by atomic mass is 9.80. The fraction of sp³-hybridized carbons (Fsp3) is 0.271. The molecule has 0 bridgehead atoms. The van der Waals surface area contributed by atoms with E-state index in [1.54, 1.807) is 18.5 Å². The van der Waals surface area contributed by atoms with Gasteiger partial charge < -0.3 is 4.74 Å². The lowest BCUT2D eigenvalue weighted by Gasteiger charge is -2.25. The summed E-state index contributed by atoms with van der Waals surface area (Å²) in [7, 11) is 0. The standard InChI is InChI=1S/C48H50N5O/c1-46(2,3)30-32-20-22-50-45(24-32)53-40-15-11-10-14-38(40)39-19-18-36(28-43(39)53)54-37-21-23-49-44(29-37)52-31-51(41-16-12-13-17-42(41)52)35-26-33(47(4,5)6)25-34(27-35)48(7,8)9/h10-29,31H,30H2,1-9H3/q+1/i30D2. The minimum absolute atomic E-state index is 0.0118. The SMILES string of the molecule is [2H]C([2H])(c1ccnc(-n2c3ccccc3c3ccc(Oc4ccnc(-n5c[n+](-c6cc(C(C)(C)C)cc(C(C)(C)C)c6)c6ccccc65)c4)cc32)c1)C(C)(C)C. The summed E-state index contributed by atoms with van der Waals surface area (Å²) in [5.41, 5.74) is 7.69. The summed E-state index contributed by atoms with van der Waals surface area (Å²) >= 11 is 0. The highest BCUT2D eigenvalue weighted by Gasteiger charge is 2.26. The van der Waals surface area contributed by atoms with Crippen molar-refractivity contribution in [3.05, 3.63) is 145 Å². The van der Waals surface area contributed by atoms with Gasteiger partial charge in [0.2, 0.25) is 5.82 Å². The molecule has 0 spiro atoms. The maximum Gasteiger partial charge on any atom is 0.256 e. The lowest BCUT2D eigenvalue weighted by Crippen LogP contribution is -2.31. The summed E-state index contributed by atoms with van der Waals surface area (Å²) < 4.78 is 31.0. The van der Waals surface area contributed by atoms with E-state index in [1.807, 2.05) is 63.2 Å². The molecule has 0 saturated carbocycles. The molecule has 0 aliphatic rings. The molecule has 6 heteroatoms. The average Bonchev–Trinajstić information content (AvgIpc) is 3.70. The van der Waals surface area contributed by atoms with Crippen LogP contribution in [-0.2, 0) is 17.2 Å². The van der Waals surface area contributed by atoms with Crippen LogP contribution in [0.3, 0.4) is 0 Å². The zero-order valence-electron chi connectivity index (χ0n) is 34.8. The van der Waals surface area contributed by atoms with Crippen LogP contribution in [-0.4, -0.2) is 19.1 Å². The molecule has 4 aromatic carbocycles. The van der Waals surface area contributed by atoms with E-state index in [0.29, 0.717) is 22.9 Å². The molecule has 54 heavy (non-hydrogen) atoms. The number of benzene rings is 4. The van der Waals surface area contributed by atoms with E-state index in [2.05, 4.69) is 122 Å². The highest BCUT2D eigenvalue weighted by molar-refractivity contribution is 6.09. The second-order valence-electron chi connectivity index (χ2n) is 17.4. The van der Waals surface area contributed by atoms with E-state index in [9.17, 15) is 0 Å². The van der Waals surface area contributed by atoms with Crippen molar-refractivity contribution in [1.82, 2.24) is 19.1 Å². The van der Waals surface area contributed by atoms with Crippen LogP contribution in [0.15, 0.2) is 128 Å². The quantitative estimate of drug-likeness (QED) is 0.161. The molecule has 8 aromatic rings. The molecule has 0 aliphatic heterocycles. The van der Waals surface area contributed by atoms with E-state index in [4.69, 9.17) is 17.4 Å². The summed E-state index contributed by atoms with van der Waals surface area (Å²) in [5.74, 6) is 2.72. The smallest absolute Gasteiger partial charge is 0.256 e. The second kappa shape index (κ2) is 13.0. The Morgan fingerprint density at radius 1 is 0.611 bits per heavy atom. The van der Waals surface area contributed by atoms with Crippen molar-refractivity contribution in [2.24, 2.45) is 5.41 Å². The van der Waals surface area contributed by atoms with Gasteiger partial charge in [-0.2, -0.15) is 9.13 Å². The Kier molecular flexibility index (Phi) is 7.90. The molecule has 0 fully saturated rings. The van der Waals surface area contributed by atoms with E-state index in [0.717, 1.165) is 44.3 Å². The minimum atomic E-state index is -1.56. The second-order valence-corrected chi connectivity index (χ2v) is 17.4. The number of fused-ring (bicyclic) bond motifs is 4. The maximum atomic E-state index is 8.96. The fourth-order valence-electron chi connectivity index (χ4n) is 7.16. The Morgan fingerprint density at radius 2 is 1.24 bits per heavy atom. The van der Waals surface area contributed by atoms with Gasteiger partial charge in [-0.15, -0.1) is 0 Å². The molecular weight excluding hydrogens is 663 g/mol. The largest absolute Gasteiger partial charge is 0.457 e. The van der Waals surface area contributed by atoms with Crippen LogP contribution in [0.5, 0.6) is 11.5 Å². The summed E-state index contributed by atoms with van der Waals surface area (Å²) in [6, 6.07) is 37.3. The van der Waals surface area contributed by atoms with Crippen LogP contribution in [0.25, 0.3) is 50.2 Å². The van der Waals surface area contributed by atoms with Crippen LogP contribution >= 0.6 is 0 Å². The molecule has 4 heterocycles. The Morgan fingerprint density at radius 3 is 1.96 bits per heavy atom. The molecule has 0 aliphatic carbocycles. The van der Waals surface area contributed by atoms with Gasteiger partial charge in [0.25, 0.3) is 6.33 Å².